The van der Waals surface area contributed by atoms with E-state index < -0.39 is 18.0 Å². The normalized spacial score (nSPS) is 20.5. The van der Waals surface area contributed by atoms with E-state index in [1.165, 1.54) is 17.9 Å². The van der Waals surface area contributed by atoms with E-state index in [0.717, 1.165) is 44.8 Å². The van der Waals surface area contributed by atoms with Gasteiger partial charge in [-0.15, -0.1) is 0 Å². The fraction of sp³-hybridized carbons (Fsp3) is 0.379. The minimum atomic E-state index is -0.588. The lowest BCUT2D eigenvalue weighted by molar-refractivity contribution is -0.122. The Balaban J connectivity index is 1.20. The van der Waals surface area contributed by atoms with Gasteiger partial charge in [0.1, 0.15) is 17.6 Å². The summed E-state index contributed by atoms with van der Waals surface area (Å²) < 4.78 is 25.8. The van der Waals surface area contributed by atoms with E-state index in [1.807, 2.05) is 0 Å². The van der Waals surface area contributed by atoms with Crippen molar-refractivity contribution in [1.82, 2.24) is 20.4 Å². The lowest BCUT2D eigenvalue weighted by atomic mass is 10.0. The highest BCUT2D eigenvalue weighted by molar-refractivity contribution is 7.80. The number of anilines is 1. The molecule has 3 aliphatic rings. The van der Waals surface area contributed by atoms with Crippen LogP contribution in [0.5, 0.6) is 0 Å². The van der Waals surface area contributed by atoms with Gasteiger partial charge >= 0.3 is 6.09 Å². The van der Waals surface area contributed by atoms with Gasteiger partial charge in [0.15, 0.2) is 5.11 Å². The zero-order valence-electron chi connectivity index (χ0n) is 22.7. The van der Waals surface area contributed by atoms with E-state index in [4.69, 9.17) is 21.7 Å². The molecular weight excluding hydrogens is 549 g/mol. The number of thiocarbonyl (C=S) groups is 1. The number of nitrogens with zero attached hydrogens (tertiary/aromatic N) is 3. The zero-order valence-corrected chi connectivity index (χ0v) is 23.5. The van der Waals surface area contributed by atoms with Crippen molar-refractivity contribution in [2.24, 2.45) is 0 Å². The number of hydrogen-bond acceptors (Lipinski definition) is 7. The van der Waals surface area contributed by atoms with Crippen molar-refractivity contribution < 1.29 is 28.2 Å². The molecule has 3 saturated heterocycles. The number of rotatable bonds is 9. The number of amides is 3. The second-order valence-electron chi connectivity index (χ2n) is 10.1. The van der Waals surface area contributed by atoms with Crippen molar-refractivity contribution in [1.29, 1.82) is 0 Å². The number of morpholine rings is 1. The molecule has 0 aromatic heterocycles. The number of cyclic esters (lactones) is 1. The number of hydrogen-bond donors (Lipinski definition) is 2. The van der Waals surface area contributed by atoms with E-state index >= 15 is 4.39 Å². The Morgan fingerprint density at radius 1 is 1.15 bits per heavy atom. The van der Waals surface area contributed by atoms with Gasteiger partial charge in [0, 0.05) is 38.7 Å². The van der Waals surface area contributed by atoms with Crippen LogP contribution in [0, 0.1) is 5.82 Å². The lowest BCUT2D eigenvalue weighted by Gasteiger charge is -2.27. The molecule has 0 radical (unpaired) electrons. The summed E-state index contributed by atoms with van der Waals surface area (Å²) in [6, 6.07) is 11.7. The Morgan fingerprint density at radius 2 is 1.90 bits per heavy atom. The number of carbonyl (C=O) groups is 3. The third-order valence-electron chi connectivity index (χ3n) is 7.17. The van der Waals surface area contributed by atoms with Gasteiger partial charge in [0.2, 0.25) is 5.91 Å². The van der Waals surface area contributed by atoms with Gasteiger partial charge in [0.25, 0.3) is 5.91 Å². The molecule has 0 saturated carbocycles. The molecule has 0 bridgehead atoms. The minimum absolute atomic E-state index is 0.164. The fourth-order valence-corrected chi connectivity index (χ4v) is 5.26. The van der Waals surface area contributed by atoms with Crippen LogP contribution in [-0.2, 0) is 19.1 Å². The number of carbonyl (C=O) groups excluding carboxylic acids is 3. The van der Waals surface area contributed by atoms with Crippen LogP contribution in [0.15, 0.2) is 48.2 Å². The molecule has 0 spiro atoms. The van der Waals surface area contributed by atoms with Crippen molar-refractivity contribution in [2.75, 3.05) is 57.4 Å². The lowest BCUT2D eigenvalue weighted by Crippen LogP contribution is -2.39. The quantitative estimate of drug-likeness (QED) is 0.344. The molecule has 3 heterocycles. The molecule has 2 aromatic rings. The van der Waals surface area contributed by atoms with Gasteiger partial charge in [-0.1, -0.05) is 24.3 Å². The highest BCUT2D eigenvalue weighted by Gasteiger charge is 2.33. The van der Waals surface area contributed by atoms with Gasteiger partial charge in [0.05, 0.1) is 32.0 Å². The number of benzene rings is 2. The van der Waals surface area contributed by atoms with Crippen molar-refractivity contribution >= 4 is 47.0 Å². The molecule has 3 amide bonds. The average Bonchev–Trinajstić information content (AvgIpc) is 3.46. The standard InChI is InChI=1S/C29H32FN5O5S/c1-19(36)31-17-23-18-35(29(38)40-23)22-7-8-24(25(30)16-22)21-5-3-20(4-6-21)15-26-27(37)34(28(41)32-26)10-2-9-33-11-13-39-14-12-33/h3-8,15-16,23H,2,9-14,17-18H2,1H3,(H,31,36)(H,32,41)/b26-15-/t23-/m0/s1. The van der Waals surface area contributed by atoms with E-state index in [2.05, 4.69) is 15.5 Å². The van der Waals surface area contributed by atoms with E-state index in [0.29, 0.717) is 34.2 Å². The first kappa shape index (κ1) is 28.7. The maximum Gasteiger partial charge on any atom is 0.414 e. The molecule has 216 valence electrons. The maximum atomic E-state index is 15.1. The summed E-state index contributed by atoms with van der Waals surface area (Å²) in [6.07, 6.45) is 1.45. The average molecular weight is 582 g/mol. The molecule has 0 unspecified atom stereocenters. The molecule has 3 fully saturated rings. The summed E-state index contributed by atoms with van der Waals surface area (Å²) >= 11 is 5.40. The van der Waals surface area contributed by atoms with E-state index in [1.54, 1.807) is 47.4 Å². The highest BCUT2D eigenvalue weighted by atomic mass is 32.1. The molecular formula is C29H32FN5O5S. The van der Waals surface area contributed by atoms with Crippen molar-refractivity contribution in [3.63, 3.8) is 0 Å². The van der Waals surface area contributed by atoms with Crippen LogP contribution in [0.4, 0.5) is 14.9 Å². The predicted octanol–water partition coefficient (Wildman–Crippen LogP) is 2.73. The second kappa shape index (κ2) is 12.8. The maximum absolute atomic E-state index is 15.1. The molecule has 0 aliphatic carbocycles. The summed E-state index contributed by atoms with van der Waals surface area (Å²) in [4.78, 5) is 41.6. The summed E-state index contributed by atoms with van der Waals surface area (Å²) in [6.45, 7) is 6.50. The highest BCUT2D eigenvalue weighted by Crippen LogP contribution is 2.29. The Bertz CT molecular complexity index is 1360. The molecule has 1 atom stereocenters. The van der Waals surface area contributed by atoms with Crippen molar-refractivity contribution in [3.05, 3.63) is 59.5 Å². The molecule has 2 N–H and O–H groups in total. The topological polar surface area (TPSA) is 103 Å². The number of nitrogens with one attached hydrogen (secondary N) is 2. The zero-order chi connectivity index (χ0) is 28.9. The molecule has 2 aromatic carbocycles. The summed E-state index contributed by atoms with van der Waals surface area (Å²) in [7, 11) is 0. The monoisotopic (exact) mass is 581 g/mol. The van der Waals surface area contributed by atoms with Crippen LogP contribution >= 0.6 is 12.2 Å². The van der Waals surface area contributed by atoms with Gasteiger partial charge in [-0.05, 0) is 54.0 Å². The SMILES string of the molecule is CC(=O)NC[C@H]1CN(c2ccc(-c3ccc(/C=C4\NC(=S)N(CCCN5CCOCC5)C4=O)cc3)c(F)c2)C(=O)O1. The molecule has 41 heavy (non-hydrogen) atoms. The van der Waals surface area contributed by atoms with Gasteiger partial charge < -0.3 is 20.1 Å². The number of ether oxygens (including phenoxy) is 2. The number of halogens is 1. The smallest absolute Gasteiger partial charge is 0.414 e. The second-order valence-corrected chi connectivity index (χ2v) is 10.5. The van der Waals surface area contributed by atoms with E-state index in [-0.39, 0.29) is 24.9 Å². The van der Waals surface area contributed by atoms with Gasteiger partial charge in [-0.25, -0.2) is 9.18 Å². The third kappa shape index (κ3) is 6.89. The molecule has 10 nitrogen and oxygen atoms in total. The van der Waals surface area contributed by atoms with Crippen LogP contribution in [0.25, 0.3) is 17.2 Å². The van der Waals surface area contributed by atoms with Crippen LogP contribution < -0.4 is 15.5 Å². The largest absolute Gasteiger partial charge is 0.442 e. The Morgan fingerprint density at radius 3 is 2.61 bits per heavy atom. The third-order valence-corrected chi connectivity index (χ3v) is 7.49. The molecule has 12 heteroatoms. The van der Waals surface area contributed by atoms with Crippen LogP contribution in [-0.4, -0.2) is 91.4 Å². The van der Waals surface area contributed by atoms with Crippen molar-refractivity contribution in [2.45, 2.75) is 19.4 Å². The van der Waals surface area contributed by atoms with Gasteiger partial charge in [-0.2, -0.15) is 0 Å². The van der Waals surface area contributed by atoms with Crippen molar-refractivity contribution in [3.8, 4) is 11.1 Å². The first-order valence-electron chi connectivity index (χ1n) is 13.6. The van der Waals surface area contributed by atoms with Gasteiger partial charge in [-0.3, -0.25) is 24.3 Å². The Kier molecular flexibility index (Phi) is 8.91. The summed E-state index contributed by atoms with van der Waals surface area (Å²) in [5, 5.41) is 6.02. The van der Waals surface area contributed by atoms with E-state index in [9.17, 15) is 14.4 Å². The van der Waals surface area contributed by atoms with Crippen LogP contribution in [0.3, 0.4) is 0 Å². The molecule has 5 rings (SSSR count). The fourth-order valence-electron chi connectivity index (χ4n) is 4.98. The molecule has 3 aliphatic heterocycles. The first-order valence-corrected chi connectivity index (χ1v) is 14.0. The Labute approximate surface area is 243 Å². The summed E-state index contributed by atoms with van der Waals surface area (Å²) in [5.74, 6) is -0.872. The minimum Gasteiger partial charge on any atom is -0.442 e. The van der Waals surface area contributed by atoms with Crippen LogP contribution in [0.2, 0.25) is 0 Å². The Hall–Kier alpha value is -3.87. The van der Waals surface area contributed by atoms with Crippen LogP contribution in [0.1, 0.15) is 18.9 Å². The predicted molar refractivity (Wildman–Crippen MR) is 155 cm³/mol. The summed E-state index contributed by atoms with van der Waals surface area (Å²) in [5.41, 5.74) is 2.57. The first-order chi connectivity index (χ1) is 19.8.